The van der Waals surface area contributed by atoms with E-state index in [4.69, 9.17) is 16.3 Å². The molecule has 2 fully saturated rings. The maximum Gasteiger partial charge on any atom is 0.330 e. The van der Waals surface area contributed by atoms with Gasteiger partial charge in [0.1, 0.15) is 5.82 Å². The summed E-state index contributed by atoms with van der Waals surface area (Å²) in [7, 11) is 0. The van der Waals surface area contributed by atoms with Crippen molar-refractivity contribution in [3.63, 3.8) is 0 Å². The number of hydrogen-bond acceptors (Lipinski definition) is 5. The van der Waals surface area contributed by atoms with E-state index in [2.05, 4.69) is 15.2 Å². The van der Waals surface area contributed by atoms with Gasteiger partial charge in [0, 0.05) is 37.9 Å². The van der Waals surface area contributed by atoms with Crippen molar-refractivity contribution in [2.45, 2.75) is 51.5 Å². The number of aromatic nitrogens is 1. The molecule has 0 spiro atoms. The first-order valence-corrected chi connectivity index (χ1v) is 10.5. The van der Waals surface area contributed by atoms with E-state index >= 15 is 0 Å². The van der Waals surface area contributed by atoms with Crippen molar-refractivity contribution in [3.05, 3.63) is 28.9 Å². The van der Waals surface area contributed by atoms with Gasteiger partial charge >= 0.3 is 5.97 Å². The third kappa shape index (κ3) is 6.22. The van der Waals surface area contributed by atoms with Crippen molar-refractivity contribution in [3.8, 4) is 0 Å². The average molecular weight is 392 g/mol. The van der Waals surface area contributed by atoms with Crippen LogP contribution in [0.5, 0.6) is 0 Å². The third-order valence-electron chi connectivity index (χ3n) is 5.42. The minimum atomic E-state index is -0.361. The molecular weight excluding hydrogens is 362 g/mol. The second kappa shape index (κ2) is 10.1. The molecule has 0 unspecified atom stereocenters. The Balaban J connectivity index is 1.49. The van der Waals surface area contributed by atoms with Crippen molar-refractivity contribution < 1.29 is 9.53 Å². The van der Waals surface area contributed by atoms with Gasteiger partial charge in [-0.05, 0) is 49.8 Å². The number of hydrogen-bond donors (Lipinski definition) is 1. The Bertz CT molecular complexity index is 659. The molecule has 1 saturated heterocycles. The van der Waals surface area contributed by atoms with Gasteiger partial charge < -0.3 is 15.0 Å². The number of esters is 1. The molecule has 1 N–H and O–H groups in total. The summed E-state index contributed by atoms with van der Waals surface area (Å²) < 4.78 is 4.87. The molecule has 1 atom stereocenters. The number of ether oxygens (including phenoxy) is 1. The van der Waals surface area contributed by atoms with Crippen LogP contribution in [0.1, 0.15) is 51.0 Å². The highest BCUT2D eigenvalue weighted by Gasteiger charge is 2.26. The van der Waals surface area contributed by atoms with Crippen molar-refractivity contribution in [1.82, 2.24) is 9.88 Å². The third-order valence-corrected chi connectivity index (χ3v) is 5.70. The highest BCUT2D eigenvalue weighted by Crippen LogP contribution is 2.27. The van der Waals surface area contributed by atoms with Crippen LogP contribution in [0.4, 0.5) is 5.82 Å². The van der Waals surface area contributed by atoms with E-state index in [-0.39, 0.29) is 5.97 Å². The second-order valence-corrected chi connectivity index (χ2v) is 7.99. The van der Waals surface area contributed by atoms with Gasteiger partial charge in [-0.15, -0.1) is 0 Å². The molecule has 0 amide bonds. The maximum atomic E-state index is 11.4. The van der Waals surface area contributed by atoms with Crippen LogP contribution < -0.4 is 5.32 Å². The molecule has 27 heavy (non-hydrogen) atoms. The molecule has 1 aliphatic carbocycles. The van der Waals surface area contributed by atoms with Gasteiger partial charge in [0.25, 0.3) is 0 Å². The molecule has 5 nitrogen and oxygen atoms in total. The summed E-state index contributed by atoms with van der Waals surface area (Å²) in [5.41, 5.74) is 0.781. The first-order valence-electron chi connectivity index (χ1n) is 10.1. The Labute approximate surface area is 167 Å². The van der Waals surface area contributed by atoms with Crippen molar-refractivity contribution in [2.75, 3.05) is 31.6 Å². The maximum absolute atomic E-state index is 11.4. The van der Waals surface area contributed by atoms with Gasteiger partial charge in [-0.3, -0.25) is 0 Å². The number of likely N-dealkylation sites (tertiary alicyclic amines) is 1. The van der Waals surface area contributed by atoms with Gasteiger partial charge in [0.05, 0.1) is 11.6 Å². The Hall–Kier alpha value is -1.59. The summed E-state index contributed by atoms with van der Waals surface area (Å²) >= 11 is 6.39. The van der Waals surface area contributed by atoms with Crippen LogP contribution in [0.2, 0.25) is 5.02 Å². The monoisotopic (exact) mass is 391 g/mol. The van der Waals surface area contributed by atoms with Crippen LogP contribution in [0.25, 0.3) is 6.08 Å². The number of nitrogens with one attached hydrogen (secondary N) is 1. The fourth-order valence-corrected chi connectivity index (χ4v) is 4.28. The zero-order valence-corrected chi connectivity index (χ0v) is 16.9. The van der Waals surface area contributed by atoms with Crippen molar-refractivity contribution >= 4 is 29.5 Å². The van der Waals surface area contributed by atoms with Gasteiger partial charge in [-0.2, -0.15) is 0 Å². The zero-order chi connectivity index (χ0) is 19.1. The normalized spacial score (nSPS) is 21.6. The summed E-state index contributed by atoms with van der Waals surface area (Å²) in [4.78, 5) is 18.4. The summed E-state index contributed by atoms with van der Waals surface area (Å²) in [6.45, 7) is 5.58. The Morgan fingerprint density at radius 2 is 2.19 bits per heavy atom. The molecule has 2 heterocycles. The highest BCUT2D eigenvalue weighted by atomic mass is 35.5. The lowest BCUT2D eigenvalue weighted by atomic mass is 9.89. The molecule has 1 aliphatic heterocycles. The lowest BCUT2D eigenvalue weighted by Crippen LogP contribution is -2.31. The molecule has 3 rings (SSSR count). The molecule has 148 valence electrons. The SMILES string of the molecule is CCOC(=O)C=Cc1cnc(N[C@@H]2CCN(CC3CCCCC3)C2)c(Cl)c1. The van der Waals surface area contributed by atoms with E-state index in [1.807, 2.05) is 6.07 Å². The van der Waals surface area contributed by atoms with Crippen LogP contribution in [-0.4, -0.2) is 48.1 Å². The minimum absolute atomic E-state index is 0.361. The Kier molecular flexibility index (Phi) is 7.53. The fourth-order valence-electron chi connectivity index (χ4n) is 4.05. The predicted molar refractivity (Wildman–Crippen MR) is 110 cm³/mol. The first kappa shape index (κ1) is 20.2. The summed E-state index contributed by atoms with van der Waals surface area (Å²) in [6, 6.07) is 2.21. The van der Waals surface area contributed by atoms with Crippen LogP contribution in [0.3, 0.4) is 0 Å². The predicted octanol–water partition coefficient (Wildman–Crippen LogP) is 4.38. The number of halogens is 1. The molecule has 0 aromatic carbocycles. The number of carbonyl (C=O) groups is 1. The summed E-state index contributed by atoms with van der Waals surface area (Å²) in [5.74, 6) is 1.24. The van der Waals surface area contributed by atoms with E-state index in [0.717, 1.165) is 36.8 Å². The summed E-state index contributed by atoms with van der Waals surface area (Å²) in [5, 5.41) is 4.06. The first-order chi connectivity index (χ1) is 13.1. The Morgan fingerprint density at radius 3 is 2.93 bits per heavy atom. The lowest BCUT2D eigenvalue weighted by molar-refractivity contribution is -0.137. The van der Waals surface area contributed by atoms with Gasteiger partial charge in [-0.25, -0.2) is 9.78 Å². The molecule has 2 aliphatic rings. The molecule has 1 aromatic heterocycles. The van der Waals surface area contributed by atoms with Crippen LogP contribution in [-0.2, 0) is 9.53 Å². The molecule has 0 radical (unpaired) electrons. The summed E-state index contributed by atoms with van der Waals surface area (Å²) in [6.07, 6.45) is 12.9. The quantitative estimate of drug-likeness (QED) is 0.552. The van der Waals surface area contributed by atoms with E-state index in [0.29, 0.717) is 17.7 Å². The molecular formula is C21H30ClN3O2. The zero-order valence-electron chi connectivity index (χ0n) is 16.1. The molecule has 0 bridgehead atoms. The molecule has 1 aromatic rings. The van der Waals surface area contributed by atoms with Gasteiger partial charge in [-0.1, -0.05) is 30.9 Å². The smallest absolute Gasteiger partial charge is 0.330 e. The fraction of sp³-hybridized carbons (Fsp3) is 0.619. The lowest BCUT2D eigenvalue weighted by Gasteiger charge is -2.26. The topological polar surface area (TPSA) is 54.5 Å². The van der Waals surface area contributed by atoms with Crippen molar-refractivity contribution in [1.29, 1.82) is 0 Å². The minimum Gasteiger partial charge on any atom is -0.463 e. The van der Waals surface area contributed by atoms with Gasteiger partial charge in [0.15, 0.2) is 0 Å². The Morgan fingerprint density at radius 1 is 1.37 bits per heavy atom. The average Bonchev–Trinajstić information content (AvgIpc) is 3.10. The van der Waals surface area contributed by atoms with Crippen LogP contribution in [0.15, 0.2) is 18.3 Å². The van der Waals surface area contributed by atoms with Crippen LogP contribution in [0, 0.1) is 5.92 Å². The van der Waals surface area contributed by atoms with E-state index in [1.165, 1.54) is 44.7 Å². The highest BCUT2D eigenvalue weighted by molar-refractivity contribution is 6.33. The number of pyridine rings is 1. The molecule has 1 saturated carbocycles. The number of anilines is 1. The van der Waals surface area contributed by atoms with E-state index < -0.39 is 0 Å². The van der Waals surface area contributed by atoms with E-state index in [9.17, 15) is 4.79 Å². The largest absolute Gasteiger partial charge is 0.463 e. The van der Waals surface area contributed by atoms with E-state index in [1.54, 1.807) is 19.2 Å². The van der Waals surface area contributed by atoms with Crippen molar-refractivity contribution in [2.24, 2.45) is 5.92 Å². The van der Waals surface area contributed by atoms with Gasteiger partial charge in [0.2, 0.25) is 0 Å². The number of carbonyl (C=O) groups excluding carboxylic acids is 1. The number of rotatable bonds is 7. The number of nitrogens with zero attached hydrogens (tertiary/aromatic N) is 2. The second-order valence-electron chi connectivity index (χ2n) is 7.58. The van der Waals surface area contributed by atoms with Crippen LogP contribution >= 0.6 is 11.6 Å². The molecule has 6 heteroatoms. The standard InChI is InChI=1S/C21H30ClN3O2/c1-2-27-20(26)9-8-17-12-19(22)21(23-13-17)24-18-10-11-25(15-18)14-16-6-4-3-5-7-16/h8-9,12-13,16,18H,2-7,10-11,14-15H2,1H3,(H,23,24)/t18-/m1/s1.